The van der Waals surface area contributed by atoms with Crippen LogP contribution in [0.4, 0.5) is 0 Å². The minimum atomic E-state index is -0.665. The Morgan fingerprint density at radius 1 is 1.05 bits per heavy atom. The van der Waals surface area contributed by atoms with Gasteiger partial charge in [0.15, 0.2) is 0 Å². The first-order valence-corrected chi connectivity index (χ1v) is 6.51. The Morgan fingerprint density at radius 2 is 1.71 bits per heavy atom. The number of carbonyl (C=O) groups excluding carboxylic acids is 2. The van der Waals surface area contributed by atoms with E-state index < -0.39 is 11.8 Å². The maximum Gasteiger partial charge on any atom is 0.261 e. The molecular formula is C16H12ClNO3. The third-order valence-corrected chi connectivity index (χ3v) is 3.05. The van der Waals surface area contributed by atoms with Crippen molar-refractivity contribution in [2.75, 3.05) is 0 Å². The Bertz CT molecular complexity index is 710. The number of halogens is 1. The monoisotopic (exact) mass is 301 g/mol. The first-order chi connectivity index (χ1) is 10.1. The van der Waals surface area contributed by atoms with E-state index in [9.17, 15) is 14.7 Å². The summed E-state index contributed by atoms with van der Waals surface area (Å²) < 4.78 is 0. The molecule has 5 heteroatoms. The molecule has 4 nitrogen and oxygen atoms in total. The minimum Gasteiger partial charge on any atom is -0.507 e. The molecule has 2 aromatic carbocycles. The number of rotatable bonds is 3. The minimum absolute atomic E-state index is 0.0389. The highest BCUT2D eigenvalue weighted by Crippen LogP contribution is 2.16. The van der Waals surface area contributed by atoms with Gasteiger partial charge in [-0.3, -0.25) is 14.9 Å². The van der Waals surface area contributed by atoms with Crippen LogP contribution in [-0.4, -0.2) is 16.9 Å². The number of nitrogens with one attached hydrogen (secondary N) is 1. The van der Waals surface area contributed by atoms with E-state index in [4.69, 9.17) is 11.6 Å². The van der Waals surface area contributed by atoms with Crippen LogP contribution in [0.3, 0.4) is 0 Å². The van der Waals surface area contributed by atoms with Gasteiger partial charge in [0.1, 0.15) is 5.75 Å². The van der Waals surface area contributed by atoms with Crippen LogP contribution < -0.4 is 5.32 Å². The molecule has 2 rings (SSSR count). The fraction of sp³-hybridized carbons (Fsp3) is 0. The smallest absolute Gasteiger partial charge is 0.261 e. The van der Waals surface area contributed by atoms with Crippen LogP contribution >= 0.6 is 11.6 Å². The average molecular weight is 302 g/mol. The van der Waals surface area contributed by atoms with Crippen LogP contribution in [0.15, 0.2) is 54.6 Å². The molecule has 2 aromatic rings. The molecule has 0 radical (unpaired) electrons. The van der Waals surface area contributed by atoms with Gasteiger partial charge in [0, 0.05) is 11.1 Å². The van der Waals surface area contributed by atoms with Crippen molar-refractivity contribution in [3.05, 3.63) is 70.8 Å². The molecule has 0 heterocycles. The highest BCUT2D eigenvalue weighted by molar-refractivity contribution is 6.32. The van der Waals surface area contributed by atoms with E-state index in [0.29, 0.717) is 10.6 Å². The Kier molecular flexibility index (Phi) is 4.74. The number of amides is 2. The zero-order chi connectivity index (χ0) is 15.2. The zero-order valence-electron chi connectivity index (χ0n) is 10.9. The van der Waals surface area contributed by atoms with Crippen molar-refractivity contribution in [2.24, 2.45) is 0 Å². The summed E-state index contributed by atoms with van der Waals surface area (Å²) in [6.07, 6.45) is 2.72. The van der Waals surface area contributed by atoms with Gasteiger partial charge in [0.05, 0.1) is 5.56 Å². The number of hydrogen-bond acceptors (Lipinski definition) is 3. The lowest BCUT2D eigenvalue weighted by Crippen LogP contribution is -2.28. The third-order valence-electron chi connectivity index (χ3n) is 2.70. The summed E-state index contributed by atoms with van der Waals surface area (Å²) in [6, 6.07) is 13.0. The number of carbonyl (C=O) groups is 2. The van der Waals surface area contributed by atoms with Crippen LogP contribution in [0.2, 0.25) is 5.02 Å². The largest absolute Gasteiger partial charge is 0.507 e. The van der Waals surface area contributed by atoms with Crippen molar-refractivity contribution in [1.82, 2.24) is 5.32 Å². The lowest BCUT2D eigenvalue weighted by molar-refractivity contribution is -0.115. The maximum atomic E-state index is 11.8. The second kappa shape index (κ2) is 6.72. The molecule has 21 heavy (non-hydrogen) atoms. The predicted molar refractivity (Wildman–Crippen MR) is 81.1 cm³/mol. The normalized spacial score (nSPS) is 10.5. The molecule has 0 bridgehead atoms. The van der Waals surface area contributed by atoms with E-state index in [0.717, 1.165) is 0 Å². The van der Waals surface area contributed by atoms with E-state index in [1.54, 1.807) is 36.4 Å². The van der Waals surface area contributed by atoms with Crippen molar-refractivity contribution in [3.63, 3.8) is 0 Å². The Hall–Kier alpha value is -2.59. The molecule has 106 valence electrons. The Balaban J connectivity index is 2.04. The second-order valence-electron chi connectivity index (χ2n) is 4.19. The maximum absolute atomic E-state index is 11.8. The van der Waals surface area contributed by atoms with Crippen molar-refractivity contribution in [2.45, 2.75) is 0 Å². The SMILES string of the molecule is O=C(/C=C/c1ccccc1Cl)NC(=O)c1ccccc1O. The van der Waals surface area contributed by atoms with Crippen LogP contribution in [0, 0.1) is 0 Å². The van der Waals surface area contributed by atoms with Crippen LogP contribution in [-0.2, 0) is 4.79 Å². The highest BCUT2D eigenvalue weighted by atomic mass is 35.5. The van der Waals surface area contributed by atoms with Gasteiger partial charge < -0.3 is 5.11 Å². The Labute approximate surface area is 126 Å². The number of phenols is 1. The van der Waals surface area contributed by atoms with Gasteiger partial charge in [-0.05, 0) is 29.8 Å². The van der Waals surface area contributed by atoms with Crippen LogP contribution in [0.5, 0.6) is 5.75 Å². The van der Waals surface area contributed by atoms with Crippen molar-refractivity contribution < 1.29 is 14.7 Å². The first-order valence-electron chi connectivity index (χ1n) is 6.14. The van der Waals surface area contributed by atoms with Crippen molar-refractivity contribution in [1.29, 1.82) is 0 Å². The molecule has 0 aliphatic carbocycles. The third kappa shape index (κ3) is 3.94. The number of aromatic hydroxyl groups is 1. The van der Waals surface area contributed by atoms with Crippen LogP contribution in [0.1, 0.15) is 15.9 Å². The summed E-state index contributed by atoms with van der Waals surface area (Å²) in [5.41, 5.74) is 0.710. The van der Waals surface area contributed by atoms with E-state index in [1.165, 1.54) is 24.3 Å². The molecule has 0 aliphatic rings. The number of phenolic OH excluding ortho intramolecular Hbond substituents is 1. The first kappa shape index (κ1) is 14.8. The molecule has 0 aromatic heterocycles. The summed E-state index contributed by atoms with van der Waals surface area (Å²) in [5.74, 6) is -1.44. The van der Waals surface area contributed by atoms with Crippen molar-refractivity contribution in [3.8, 4) is 5.75 Å². The summed E-state index contributed by atoms with van der Waals surface area (Å²) >= 11 is 5.95. The predicted octanol–water partition coefficient (Wildman–Crippen LogP) is 3.02. The molecule has 2 amide bonds. The number of imide groups is 1. The highest BCUT2D eigenvalue weighted by Gasteiger charge is 2.11. The molecule has 0 aliphatic heterocycles. The molecule has 0 fully saturated rings. The molecule has 2 N–H and O–H groups in total. The van der Waals surface area contributed by atoms with E-state index >= 15 is 0 Å². The fourth-order valence-corrected chi connectivity index (χ4v) is 1.86. The number of hydrogen-bond donors (Lipinski definition) is 2. The number of para-hydroxylation sites is 1. The summed E-state index contributed by atoms with van der Waals surface area (Å²) in [4.78, 5) is 23.5. The standard InChI is InChI=1S/C16H12ClNO3/c17-13-7-3-1-5-11(13)9-10-15(20)18-16(21)12-6-2-4-8-14(12)19/h1-10,19H,(H,18,20,21)/b10-9+. The van der Waals surface area contributed by atoms with E-state index in [1.807, 2.05) is 0 Å². The second-order valence-corrected chi connectivity index (χ2v) is 4.60. The number of benzene rings is 2. The van der Waals surface area contributed by atoms with Gasteiger partial charge in [-0.1, -0.05) is 41.9 Å². The van der Waals surface area contributed by atoms with Gasteiger partial charge in [-0.15, -0.1) is 0 Å². The lowest BCUT2D eigenvalue weighted by Gasteiger charge is -2.03. The van der Waals surface area contributed by atoms with Gasteiger partial charge >= 0.3 is 0 Å². The van der Waals surface area contributed by atoms with Crippen LogP contribution in [0.25, 0.3) is 6.08 Å². The quantitative estimate of drug-likeness (QED) is 0.856. The molecule has 0 atom stereocenters. The lowest BCUT2D eigenvalue weighted by atomic mass is 10.2. The average Bonchev–Trinajstić information content (AvgIpc) is 2.46. The van der Waals surface area contributed by atoms with Gasteiger partial charge in [-0.2, -0.15) is 0 Å². The van der Waals surface area contributed by atoms with Crippen molar-refractivity contribution >= 4 is 29.5 Å². The topological polar surface area (TPSA) is 66.4 Å². The Morgan fingerprint density at radius 3 is 2.43 bits per heavy atom. The van der Waals surface area contributed by atoms with E-state index in [2.05, 4.69) is 5.32 Å². The summed E-state index contributed by atoms with van der Waals surface area (Å²) in [7, 11) is 0. The van der Waals surface area contributed by atoms with Gasteiger partial charge in [0.2, 0.25) is 0 Å². The summed E-state index contributed by atoms with van der Waals surface area (Å²) in [6.45, 7) is 0. The van der Waals surface area contributed by atoms with Gasteiger partial charge in [-0.25, -0.2) is 0 Å². The van der Waals surface area contributed by atoms with Gasteiger partial charge in [0.25, 0.3) is 11.8 Å². The fourth-order valence-electron chi connectivity index (χ4n) is 1.66. The van der Waals surface area contributed by atoms with E-state index in [-0.39, 0.29) is 11.3 Å². The molecule has 0 unspecified atom stereocenters. The molecular weight excluding hydrogens is 290 g/mol. The molecule has 0 saturated heterocycles. The molecule has 0 saturated carbocycles. The molecule has 0 spiro atoms. The zero-order valence-corrected chi connectivity index (χ0v) is 11.7. The summed E-state index contributed by atoms with van der Waals surface area (Å²) in [5, 5.41) is 12.2.